The summed E-state index contributed by atoms with van der Waals surface area (Å²) in [6.07, 6.45) is 0. The molecular weight excluding hydrogens is 262 g/mol. The van der Waals surface area contributed by atoms with Crippen molar-refractivity contribution in [3.63, 3.8) is 0 Å². The van der Waals surface area contributed by atoms with E-state index in [4.69, 9.17) is 21.1 Å². The molecule has 3 nitrogen and oxygen atoms in total. The lowest BCUT2D eigenvalue weighted by Gasteiger charge is -2.10. The van der Waals surface area contributed by atoms with E-state index < -0.39 is 0 Å². The Kier molecular flexibility index (Phi) is 3.22. The summed E-state index contributed by atoms with van der Waals surface area (Å²) in [5, 5.41) is 4.15. The van der Waals surface area contributed by atoms with Crippen molar-refractivity contribution in [1.82, 2.24) is 0 Å². The molecule has 0 aromatic heterocycles. The van der Waals surface area contributed by atoms with Gasteiger partial charge in [0.15, 0.2) is 11.5 Å². The third kappa shape index (κ3) is 2.61. The zero-order chi connectivity index (χ0) is 13.2. The number of rotatable bonds is 3. The van der Waals surface area contributed by atoms with E-state index in [1.807, 2.05) is 43.3 Å². The monoisotopic (exact) mass is 275 g/mol. The molecule has 0 radical (unpaired) electrons. The normalized spacial score (nSPS) is 12.5. The van der Waals surface area contributed by atoms with Gasteiger partial charge in [-0.3, -0.25) is 0 Å². The van der Waals surface area contributed by atoms with E-state index in [0.717, 1.165) is 39.9 Å². The number of anilines is 1. The summed E-state index contributed by atoms with van der Waals surface area (Å²) >= 11 is 5.94. The number of hydrogen-bond donors (Lipinski definition) is 1. The van der Waals surface area contributed by atoms with E-state index in [1.165, 1.54) is 0 Å². The van der Waals surface area contributed by atoms with Gasteiger partial charge in [-0.15, -0.1) is 0 Å². The Morgan fingerprint density at radius 1 is 1.11 bits per heavy atom. The summed E-state index contributed by atoms with van der Waals surface area (Å²) in [7, 11) is 0. The second kappa shape index (κ2) is 5.02. The highest BCUT2D eigenvalue weighted by atomic mass is 35.5. The SMILES string of the molecule is Cc1cc(Cl)ccc1NCc1ccc2c(c1)OCO2. The number of halogens is 1. The van der Waals surface area contributed by atoms with Gasteiger partial charge in [-0.2, -0.15) is 0 Å². The van der Waals surface area contributed by atoms with Gasteiger partial charge in [0.05, 0.1) is 0 Å². The molecule has 0 spiro atoms. The molecule has 1 aliphatic heterocycles. The van der Waals surface area contributed by atoms with Crippen LogP contribution in [0.3, 0.4) is 0 Å². The van der Waals surface area contributed by atoms with E-state index in [-0.39, 0.29) is 0 Å². The lowest BCUT2D eigenvalue weighted by molar-refractivity contribution is 0.174. The van der Waals surface area contributed by atoms with Crippen LogP contribution in [-0.2, 0) is 6.54 Å². The number of benzene rings is 2. The van der Waals surface area contributed by atoms with Crippen molar-refractivity contribution in [3.05, 3.63) is 52.5 Å². The third-order valence-electron chi connectivity index (χ3n) is 3.11. The van der Waals surface area contributed by atoms with Crippen LogP contribution in [0.15, 0.2) is 36.4 Å². The highest BCUT2D eigenvalue weighted by molar-refractivity contribution is 6.30. The van der Waals surface area contributed by atoms with E-state index >= 15 is 0 Å². The van der Waals surface area contributed by atoms with Gasteiger partial charge in [0, 0.05) is 17.3 Å². The van der Waals surface area contributed by atoms with Crippen molar-refractivity contribution < 1.29 is 9.47 Å². The smallest absolute Gasteiger partial charge is 0.231 e. The minimum Gasteiger partial charge on any atom is -0.454 e. The zero-order valence-electron chi connectivity index (χ0n) is 10.6. The lowest BCUT2D eigenvalue weighted by atomic mass is 10.1. The van der Waals surface area contributed by atoms with Crippen LogP contribution in [0.1, 0.15) is 11.1 Å². The molecule has 0 fully saturated rings. The van der Waals surface area contributed by atoms with E-state index in [1.54, 1.807) is 0 Å². The Hall–Kier alpha value is -1.87. The minimum atomic E-state index is 0.308. The van der Waals surface area contributed by atoms with E-state index in [2.05, 4.69) is 5.32 Å². The summed E-state index contributed by atoms with van der Waals surface area (Å²) < 4.78 is 10.7. The molecular formula is C15H14ClNO2. The number of aryl methyl sites for hydroxylation is 1. The standard InChI is InChI=1S/C15H14ClNO2/c1-10-6-12(16)3-4-13(10)17-8-11-2-5-14-15(7-11)19-9-18-14/h2-7,17H,8-9H2,1H3. The van der Waals surface area contributed by atoms with Crippen LogP contribution in [0.25, 0.3) is 0 Å². The maximum Gasteiger partial charge on any atom is 0.231 e. The first-order chi connectivity index (χ1) is 9.22. The molecule has 0 saturated carbocycles. The maximum atomic E-state index is 5.94. The van der Waals surface area contributed by atoms with E-state index in [9.17, 15) is 0 Å². The Balaban J connectivity index is 1.72. The van der Waals surface area contributed by atoms with Gasteiger partial charge in [0.2, 0.25) is 6.79 Å². The summed E-state index contributed by atoms with van der Waals surface area (Å²) in [6, 6.07) is 11.8. The van der Waals surface area contributed by atoms with Crippen molar-refractivity contribution in [2.24, 2.45) is 0 Å². The molecule has 19 heavy (non-hydrogen) atoms. The van der Waals surface area contributed by atoms with Crippen molar-refractivity contribution in [2.45, 2.75) is 13.5 Å². The van der Waals surface area contributed by atoms with Gasteiger partial charge >= 0.3 is 0 Å². The first kappa shape index (κ1) is 12.2. The molecule has 0 saturated heterocycles. The fraction of sp³-hybridized carbons (Fsp3) is 0.200. The minimum absolute atomic E-state index is 0.308. The Labute approximate surface area is 117 Å². The number of nitrogens with one attached hydrogen (secondary N) is 1. The molecule has 0 amide bonds. The molecule has 2 aromatic carbocycles. The topological polar surface area (TPSA) is 30.5 Å². The highest BCUT2D eigenvalue weighted by Crippen LogP contribution is 2.32. The zero-order valence-corrected chi connectivity index (χ0v) is 11.3. The fourth-order valence-corrected chi connectivity index (χ4v) is 2.30. The van der Waals surface area contributed by atoms with Gasteiger partial charge in [-0.1, -0.05) is 17.7 Å². The quantitative estimate of drug-likeness (QED) is 0.919. The van der Waals surface area contributed by atoms with Crippen LogP contribution in [0.2, 0.25) is 5.02 Å². The molecule has 4 heteroatoms. The highest BCUT2D eigenvalue weighted by Gasteiger charge is 2.12. The predicted octanol–water partition coefficient (Wildman–Crippen LogP) is 3.99. The summed E-state index contributed by atoms with van der Waals surface area (Å²) in [5.74, 6) is 1.62. The largest absolute Gasteiger partial charge is 0.454 e. The fourth-order valence-electron chi connectivity index (χ4n) is 2.07. The summed E-state index contributed by atoms with van der Waals surface area (Å²) in [6.45, 7) is 3.08. The van der Waals surface area contributed by atoms with Crippen LogP contribution in [0.5, 0.6) is 11.5 Å². The third-order valence-corrected chi connectivity index (χ3v) is 3.34. The lowest BCUT2D eigenvalue weighted by Crippen LogP contribution is -2.00. The Morgan fingerprint density at radius 2 is 1.95 bits per heavy atom. The second-order valence-corrected chi connectivity index (χ2v) is 4.94. The molecule has 2 aromatic rings. The molecule has 98 valence electrons. The van der Waals surface area contributed by atoms with Crippen molar-refractivity contribution in [1.29, 1.82) is 0 Å². The van der Waals surface area contributed by atoms with Gasteiger partial charge in [0.25, 0.3) is 0 Å². The van der Waals surface area contributed by atoms with Crippen LogP contribution >= 0.6 is 11.6 Å². The van der Waals surface area contributed by atoms with Crippen molar-refractivity contribution in [3.8, 4) is 11.5 Å². The van der Waals surface area contributed by atoms with E-state index in [0.29, 0.717) is 6.79 Å². The second-order valence-electron chi connectivity index (χ2n) is 4.50. The average molecular weight is 276 g/mol. The van der Waals surface area contributed by atoms with Crippen LogP contribution < -0.4 is 14.8 Å². The van der Waals surface area contributed by atoms with Gasteiger partial charge in [-0.25, -0.2) is 0 Å². The molecule has 1 aliphatic rings. The molecule has 0 atom stereocenters. The maximum absolute atomic E-state index is 5.94. The predicted molar refractivity (Wildman–Crippen MR) is 76.1 cm³/mol. The van der Waals surface area contributed by atoms with Crippen molar-refractivity contribution >= 4 is 17.3 Å². The number of fused-ring (bicyclic) bond motifs is 1. The Morgan fingerprint density at radius 3 is 2.79 bits per heavy atom. The van der Waals surface area contributed by atoms with Gasteiger partial charge in [-0.05, 0) is 48.4 Å². The van der Waals surface area contributed by atoms with Crippen LogP contribution in [0.4, 0.5) is 5.69 Å². The molecule has 0 bridgehead atoms. The molecule has 1 heterocycles. The number of hydrogen-bond acceptors (Lipinski definition) is 3. The van der Waals surface area contributed by atoms with Crippen molar-refractivity contribution in [2.75, 3.05) is 12.1 Å². The van der Waals surface area contributed by atoms with Crippen LogP contribution in [-0.4, -0.2) is 6.79 Å². The molecule has 1 N–H and O–H groups in total. The molecule has 0 aliphatic carbocycles. The molecule has 0 unspecified atom stereocenters. The first-order valence-corrected chi connectivity index (χ1v) is 6.49. The van der Waals surface area contributed by atoms with Gasteiger partial charge in [0.1, 0.15) is 0 Å². The van der Waals surface area contributed by atoms with Gasteiger partial charge < -0.3 is 14.8 Å². The summed E-state index contributed by atoms with van der Waals surface area (Å²) in [5.41, 5.74) is 3.37. The first-order valence-electron chi connectivity index (χ1n) is 6.11. The Bertz CT molecular complexity index is 613. The average Bonchev–Trinajstić information content (AvgIpc) is 2.85. The van der Waals surface area contributed by atoms with Crippen LogP contribution in [0, 0.1) is 6.92 Å². The summed E-state index contributed by atoms with van der Waals surface area (Å²) in [4.78, 5) is 0. The molecule has 3 rings (SSSR count). The number of ether oxygens (including phenoxy) is 2.